The van der Waals surface area contributed by atoms with Gasteiger partial charge in [0.2, 0.25) is 0 Å². The molecular formula is C8H14N2O. The van der Waals surface area contributed by atoms with Gasteiger partial charge in [-0.15, -0.1) is 0 Å². The van der Waals surface area contributed by atoms with Gasteiger partial charge in [0.25, 0.3) is 5.91 Å². The standard InChI is InChI=1S/C6H8N2O.C2H6/c1-7-6(9)5-3-2-4-8-5;1-2/h2-4,8H,1H3,(H,7,9);1-2H3. The predicted octanol–water partition coefficient (Wildman–Crippen LogP) is 1.40. The van der Waals surface area contributed by atoms with Crippen LogP contribution in [0.2, 0.25) is 0 Å². The molecule has 62 valence electrons. The molecule has 1 aromatic heterocycles. The summed E-state index contributed by atoms with van der Waals surface area (Å²) >= 11 is 0. The number of rotatable bonds is 1. The van der Waals surface area contributed by atoms with E-state index in [0.717, 1.165) is 0 Å². The van der Waals surface area contributed by atoms with Gasteiger partial charge in [0.05, 0.1) is 0 Å². The zero-order valence-corrected chi connectivity index (χ0v) is 7.14. The van der Waals surface area contributed by atoms with Crippen molar-refractivity contribution < 1.29 is 4.79 Å². The SMILES string of the molecule is CC.CNC(=O)c1ccc[nH]1. The van der Waals surface area contributed by atoms with Gasteiger partial charge in [0.1, 0.15) is 5.69 Å². The minimum atomic E-state index is -0.0833. The smallest absolute Gasteiger partial charge is 0.267 e. The first-order valence-electron chi connectivity index (χ1n) is 3.70. The van der Waals surface area contributed by atoms with E-state index in [1.54, 1.807) is 25.4 Å². The van der Waals surface area contributed by atoms with Gasteiger partial charge in [-0.1, -0.05) is 13.8 Å². The summed E-state index contributed by atoms with van der Waals surface area (Å²) in [5.74, 6) is -0.0833. The molecule has 3 heteroatoms. The van der Waals surface area contributed by atoms with E-state index < -0.39 is 0 Å². The molecule has 0 bridgehead atoms. The van der Waals surface area contributed by atoms with E-state index in [0.29, 0.717) is 5.69 Å². The van der Waals surface area contributed by atoms with Gasteiger partial charge in [-0.05, 0) is 12.1 Å². The van der Waals surface area contributed by atoms with Crippen LogP contribution in [0.15, 0.2) is 18.3 Å². The van der Waals surface area contributed by atoms with Crippen molar-refractivity contribution in [1.29, 1.82) is 0 Å². The minimum Gasteiger partial charge on any atom is -0.357 e. The van der Waals surface area contributed by atoms with Crippen LogP contribution in [0.25, 0.3) is 0 Å². The van der Waals surface area contributed by atoms with E-state index in [2.05, 4.69) is 10.3 Å². The Hall–Kier alpha value is -1.25. The number of carbonyl (C=O) groups is 1. The number of H-pyrrole nitrogens is 1. The van der Waals surface area contributed by atoms with Gasteiger partial charge in [0.15, 0.2) is 0 Å². The van der Waals surface area contributed by atoms with E-state index in [1.165, 1.54) is 0 Å². The minimum absolute atomic E-state index is 0.0833. The third-order valence-electron chi connectivity index (χ3n) is 1.07. The fraction of sp³-hybridized carbons (Fsp3) is 0.375. The fourth-order valence-corrected chi connectivity index (χ4v) is 0.606. The van der Waals surface area contributed by atoms with Crippen molar-refractivity contribution in [2.45, 2.75) is 13.8 Å². The highest BCUT2D eigenvalue weighted by Crippen LogP contribution is 1.91. The zero-order valence-electron chi connectivity index (χ0n) is 7.14. The van der Waals surface area contributed by atoms with E-state index in [1.807, 2.05) is 13.8 Å². The normalized spacial score (nSPS) is 7.91. The van der Waals surface area contributed by atoms with Crippen molar-refractivity contribution in [2.75, 3.05) is 7.05 Å². The van der Waals surface area contributed by atoms with Gasteiger partial charge in [-0.3, -0.25) is 4.79 Å². The Kier molecular flexibility index (Phi) is 4.90. The molecular weight excluding hydrogens is 140 g/mol. The van der Waals surface area contributed by atoms with Gasteiger partial charge < -0.3 is 10.3 Å². The van der Waals surface area contributed by atoms with Crippen LogP contribution in [0.3, 0.4) is 0 Å². The monoisotopic (exact) mass is 154 g/mol. The molecule has 0 atom stereocenters. The van der Waals surface area contributed by atoms with Crippen molar-refractivity contribution in [3.05, 3.63) is 24.0 Å². The third-order valence-corrected chi connectivity index (χ3v) is 1.07. The lowest BCUT2D eigenvalue weighted by Crippen LogP contribution is -2.17. The Bertz CT molecular complexity index is 192. The Morgan fingerprint density at radius 3 is 2.55 bits per heavy atom. The molecule has 0 aliphatic heterocycles. The highest BCUT2D eigenvalue weighted by Gasteiger charge is 1.99. The van der Waals surface area contributed by atoms with Crippen LogP contribution in [0.4, 0.5) is 0 Å². The van der Waals surface area contributed by atoms with Gasteiger partial charge in [-0.2, -0.15) is 0 Å². The highest BCUT2D eigenvalue weighted by atomic mass is 16.1. The van der Waals surface area contributed by atoms with E-state index in [9.17, 15) is 4.79 Å². The van der Waals surface area contributed by atoms with Gasteiger partial charge in [0, 0.05) is 13.2 Å². The maximum Gasteiger partial charge on any atom is 0.267 e. The Morgan fingerprint density at radius 1 is 1.55 bits per heavy atom. The van der Waals surface area contributed by atoms with Gasteiger partial charge >= 0.3 is 0 Å². The number of aromatic amines is 1. The summed E-state index contributed by atoms with van der Waals surface area (Å²) in [6.45, 7) is 4.00. The summed E-state index contributed by atoms with van der Waals surface area (Å²) in [4.78, 5) is 13.5. The average Bonchev–Trinajstić information content (AvgIpc) is 2.59. The van der Waals surface area contributed by atoms with Crippen molar-refractivity contribution in [3.63, 3.8) is 0 Å². The topological polar surface area (TPSA) is 44.9 Å². The molecule has 0 radical (unpaired) electrons. The Morgan fingerprint density at radius 2 is 2.18 bits per heavy atom. The van der Waals surface area contributed by atoms with Crippen LogP contribution < -0.4 is 5.32 Å². The summed E-state index contributed by atoms with van der Waals surface area (Å²) in [5, 5.41) is 2.50. The predicted molar refractivity (Wildman–Crippen MR) is 45.5 cm³/mol. The first-order chi connectivity index (χ1) is 5.34. The highest BCUT2D eigenvalue weighted by molar-refractivity contribution is 5.92. The molecule has 0 saturated carbocycles. The summed E-state index contributed by atoms with van der Waals surface area (Å²) in [6.07, 6.45) is 1.71. The number of aromatic nitrogens is 1. The van der Waals surface area contributed by atoms with Crippen LogP contribution in [-0.2, 0) is 0 Å². The number of carbonyl (C=O) groups excluding carboxylic acids is 1. The summed E-state index contributed by atoms with van der Waals surface area (Å²) in [5.41, 5.74) is 0.595. The molecule has 0 saturated heterocycles. The van der Waals surface area contributed by atoms with Crippen molar-refractivity contribution in [2.24, 2.45) is 0 Å². The number of hydrogen-bond donors (Lipinski definition) is 2. The lowest BCUT2D eigenvalue weighted by atomic mass is 10.4. The summed E-state index contributed by atoms with van der Waals surface area (Å²) in [7, 11) is 1.60. The molecule has 11 heavy (non-hydrogen) atoms. The number of nitrogens with one attached hydrogen (secondary N) is 2. The molecule has 1 rings (SSSR count). The molecule has 0 aliphatic carbocycles. The Labute approximate surface area is 66.8 Å². The quantitative estimate of drug-likeness (QED) is 0.631. The van der Waals surface area contributed by atoms with E-state index in [4.69, 9.17) is 0 Å². The maximum atomic E-state index is 10.7. The van der Waals surface area contributed by atoms with Crippen LogP contribution in [0.5, 0.6) is 0 Å². The third kappa shape index (κ3) is 2.89. The largest absolute Gasteiger partial charge is 0.357 e. The van der Waals surface area contributed by atoms with Crippen LogP contribution in [0, 0.1) is 0 Å². The lowest BCUT2D eigenvalue weighted by molar-refractivity contribution is 0.0959. The fourth-order valence-electron chi connectivity index (χ4n) is 0.606. The average molecular weight is 154 g/mol. The molecule has 0 fully saturated rings. The molecule has 1 amide bonds. The van der Waals surface area contributed by atoms with Crippen molar-refractivity contribution >= 4 is 5.91 Å². The molecule has 1 heterocycles. The molecule has 0 aromatic carbocycles. The summed E-state index contributed by atoms with van der Waals surface area (Å²) in [6, 6.07) is 3.50. The van der Waals surface area contributed by atoms with Crippen molar-refractivity contribution in [1.82, 2.24) is 10.3 Å². The van der Waals surface area contributed by atoms with Crippen LogP contribution >= 0.6 is 0 Å². The molecule has 2 N–H and O–H groups in total. The Balaban J connectivity index is 0.000000461. The molecule has 3 nitrogen and oxygen atoms in total. The maximum absolute atomic E-state index is 10.7. The molecule has 1 aromatic rings. The van der Waals surface area contributed by atoms with E-state index >= 15 is 0 Å². The first kappa shape index (κ1) is 9.75. The van der Waals surface area contributed by atoms with Crippen LogP contribution in [0.1, 0.15) is 24.3 Å². The number of amides is 1. The second kappa shape index (κ2) is 5.53. The zero-order chi connectivity index (χ0) is 8.69. The summed E-state index contributed by atoms with van der Waals surface area (Å²) < 4.78 is 0. The molecule has 0 unspecified atom stereocenters. The molecule has 0 aliphatic rings. The van der Waals surface area contributed by atoms with Crippen molar-refractivity contribution in [3.8, 4) is 0 Å². The second-order valence-corrected chi connectivity index (χ2v) is 1.66. The van der Waals surface area contributed by atoms with Crippen LogP contribution in [-0.4, -0.2) is 17.9 Å². The first-order valence-corrected chi connectivity index (χ1v) is 3.70. The van der Waals surface area contributed by atoms with E-state index in [-0.39, 0.29) is 5.91 Å². The van der Waals surface area contributed by atoms with Gasteiger partial charge in [-0.25, -0.2) is 0 Å². The lowest BCUT2D eigenvalue weighted by Gasteiger charge is -1.91. The molecule has 0 spiro atoms. The number of hydrogen-bond acceptors (Lipinski definition) is 1. The second-order valence-electron chi connectivity index (χ2n) is 1.66.